The standard InChI is InChI=1S/C16H15ClN6/c1-10-6-5-9-12(17)13(10)20-16-22-14(18)21-15(23-16)19-11-7-3-2-4-8-11/h2-9H,1H3,(H4,18,19,20,21,22,23). The highest BCUT2D eigenvalue weighted by Gasteiger charge is 2.09. The van der Waals surface area contributed by atoms with Gasteiger partial charge >= 0.3 is 0 Å². The van der Waals surface area contributed by atoms with Gasteiger partial charge in [-0.05, 0) is 30.7 Å². The molecule has 3 rings (SSSR count). The molecule has 23 heavy (non-hydrogen) atoms. The van der Waals surface area contributed by atoms with E-state index in [0.29, 0.717) is 16.9 Å². The van der Waals surface area contributed by atoms with Gasteiger partial charge in [0.15, 0.2) is 0 Å². The van der Waals surface area contributed by atoms with Crippen LogP contribution in [0.15, 0.2) is 48.5 Å². The summed E-state index contributed by atoms with van der Waals surface area (Å²) in [5, 5.41) is 6.76. The zero-order valence-corrected chi connectivity index (χ0v) is 13.2. The molecule has 4 N–H and O–H groups in total. The number of rotatable bonds is 4. The molecule has 116 valence electrons. The van der Waals surface area contributed by atoms with E-state index >= 15 is 0 Å². The number of aryl methyl sites for hydroxylation is 1. The van der Waals surface area contributed by atoms with Crippen molar-refractivity contribution in [2.45, 2.75) is 6.92 Å². The molecule has 0 spiro atoms. The second-order valence-corrected chi connectivity index (χ2v) is 5.30. The van der Waals surface area contributed by atoms with E-state index < -0.39 is 0 Å². The molecule has 2 aromatic carbocycles. The maximum absolute atomic E-state index is 6.21. The van der Waals surface area contributed by atoms with Crippen LogP contribution in [-0.2, 0) is 0 Å². The lowest BCUT2D eigenvalue weighted by Gasteiger charge is -2.11. The number of nitrogens with one attached hydrogen (secondary N) is 2. The highest BCUT2D eigenvalue weighted by atomic mass is 35.5. The van der Waals surface area contributed by atoms with Crippen molar-refractivity contribution < 1.29 is 0 Å². The molecule has 0 aliphatic heterocycles. The SMILES string of the molecule is Cc1cccc(Cl)c1Nc1nc(N)nc(Nc2ccccc2)n1. The minimum absolute atomic E-state index is 0.116. The number of nitrogens with two attached hydrogens (primary N) is 1. The van der Waals surface area contributed by atoms with Gasteiger partial charge in [0.2, 0.25) is 17.8 Å². The van der Waals surface area contributed by atoms with Crippen molar-refractivity contribution in [3.63, 3.8) is 0 Å². The van der Waals surface area contributed by atoms with Gasteiger partial charge < -0.3 is 16.4 Å². The van der Waals surface area contributed by atoms with Gasteiger partial charge in [-0.1, -0.05) is 41.9 Å². The average Bonchev–Trinajstić information content (AvgIpc) is 2.51. The number of nitrogen functional groups attached to an aromatic ring is 1. The predicted octanol–water partition coefficient (Wildman–Crippen LogP) is 3.90. The minimum atomic E-state index is 0.116. The van der Waals surface area contributed by atoms with Gasteiger partial charge in [-0.2, -0.15) is 15.0 Å². The van der Waals surface area contributed by atoms with E-state index in [1.165, 1.54) is 0 Å². The Kier molecular flexibility index (Phi) is 4.25. The van der Waals surface area contributed by atoms with E-state index in [-0.39, 0.29) is 5.95 Å². The van der Waals surface area contributed by atoms with Gasteiger partial charge in [-0.25, -0.2) is 0 Å². The van der Waals surface area contributed by atoms with E-state index in [0.717, 1.165) is 16.9 Å². The molecule has 0 aliphatic rings. The summed E-state index contributed by atoms with van der Waals surface area (Å²) in [7, 11) is 0. The molecule has 0 atom stereocenters. The van der Waals surface area contributed by atoms with Gasteiger partial charge in [0.05, 0.1) is 10.7 Å². The third kappa shape index (κ3) is 3.67. The van der Waals surface area contributed by atoms with Crippen LogP contribution in [-0.4, -0.2) is 15.0 Å². The van der Waals surface area contributed by atoms with Gasteiger partial charge in [-0.3, -0.25) is 0 Å². The summed E-state index contributed by atoms with van der Waals surface area (Å²) in [5.41, 5.74) is 8.35. The molecule has 1 heterocycles. The first kappa shape index (κ1) is 15.1. The second kappa shape index (κ2) is 6.50. The fraction of sp³-hybridized carbons (Fsp3) is 0.0625. The predicted molar refractivity (Wildman–Crippen MR) is 93.4 cm³/mol. The molecule has 7 heteroatoms. The third-order valence-electron chi connectivity index (χ3n) is 3.14. The number of hydrogen-bond donors (Lipinski definition) is 3. The number of benzene rings is 2. The molecule has 0 bridgehead atoms. The fourth-order valence-corrected chi connectivity index (χ4v) is 2.33. The van der Waals surface area contributed by atoms with Gasteiger partial charge in [0, 0.05) is 5.69 Å². The molecule has 6 nitrogen and oxygen atoms in total. The molecule has 3 aromatic rings. The van der Waals surface area contributed by atoms with Crippen LogP contribution in [0.4, 0.5) is 29.2 Å². The zero-order valence-electron chi connectivity index (χ0n) is 12.4. The third-order valence-corrected chi connectivity index (χ3v) is 3.46. The molecular formula is C16H15ClN6. The normalized spacial score (nSPS) is 10.3. The van der Waals surface area contributed by atoms with Crippen LogP contribution < -0.4 is 16.4 Å². The lowest BCUT2D eigenvalue weighted by molar-refractivity contribution is 1.07. The van der Waals surface area contributed by atoms with Crippen molar-refractivity contribution >= 4 is 40.8 Å². The summed E-state index contributed by atoms with van der Waals surface area (Å²) >= 11 is 6.21. The van der Waals surface area contributed by atoms with Crippen LogP contribution in [0.3, 0.4) is 0 Å². The maximum atomic E-state index is 6.21. The van der Waals surface area contributed by atoms with Crippen molar-refractivity contribution in [1.29, 1.82) is 0 Å². The minimum Gasteiger partial charge on any atom is -0.368 e. The molecule has 0 amide bonds. The first-order valence-corrected chi connectivity index (χ1v) is 7.35. The quantitative estimate of drug-likeness (QED) is 0.673. The van der Waals surface area contributed by atoms with Crippen LogP contribution in [0.2, 0.25) is 5.02 Å². The van der Waals surface area contributed by atoms with Crippen molar-refractivity contribution in [1.82, 2.24) is 15.0 Å². The Morgan fingerprint density at radius 3 is 2.26 bits per heavy atom. The van der Waals surface area contributed by atoms with Gasteiger partial charge in [0.25, 0.3) is 0 Å². The van der Waals surface area contributed by atoms with Crippen molar-refractivity contribution in [2.24, 2.45) is 0 Å². The Morgan fingerprint density at radius 1 is 0.870 bits per heavy atom. The first-order valence-electron chi connectivity index (χ1n) is 6.97. The summed E-state index contributed by atoms with van der Waals surface area (Å²) in [6.07, 6.45) is 0. The Labute approximate surface area is 138 Å². The van der Waals surface area contributed by atoms with E-state index in [9.17, 15) is 0 Å². The largest absolute Gasteiger partial charge is 0.368 e. The average molecular weight is 327 g/mol. The summed E-state index contributed by atoms with van der Waals surface area (Å²) in [6.45, 7) is 1.95. The lowest BCUT2D eigenvalue weighted by Crippen LogP contribution is -2.07. The van der Waals surface area contributed by atoms with Gasteiger partial charge in [0.1, 0.15) is 0 Å². The summed E-state index contributed by atoms with van der Waals surface area (Å²) in [4.78, 5) is 12.5. The first-order chi connectivity index (χ1) is 11.1. The topological polar surface area (TPSA) is 88.8 Å². The van der Waals surface area contributed by atoms with E-state index in [1.807, 2.05) is 49.4 Å². The maximum Gasteiger partial charge on any atom is 0.233 e. The molecule has 0 aliphatic carbocycles. The number of hydrogen-bond acceptors (Lipinski definition) is 6. The molecule has 0 saturated heterocycles. The number of halogens is 1. The number of aromatic nitrogens is 3. The van der Waals surface area contributed by atoms with Crippen LogP contribution in [0.25, 0.3) is 0 Å². The van der Waals surface area contributed by atoms with Crippen LogP contribution in [0, 0.1) is 6.92 Å². The van der Waals surface area contributed by atoms with Crippen LogP contribution in [0.5, 0.6) is 0 Å². The Hall–Kier alpha value is -2.86. The molecule has 0 unspecified atom stereocenters. The Balaban J connectivity index is 1.89. The second-order valence-electron chi connectivity index (χ2n) is 4.89. The lowest BCUT2D eigenvalue weighted by atomic mass is 10.2. The van der Waals surface area contributed by atoms with E-state index in [1.54, 1.807) is 6.07 Å². The monoisotopic (exact) mass is 326 g/mol. The number of nitrogens with zero attached hydrogens (tertiary/aromatic N) is 3. The molecule has 0 saturated carbocycles. The van der Waals surface area contributed by atoms with Crippen molar-refractivity contribution in [2.75, 3.05) is 16.4 Å². The summed E-state index contributed by atoms with van der Waals surface area (Å²) in [6, 6.07) is 15.2. The smallest absolute Gasteiger partial charge is 0.233 e. The Bertz CT molecular complexity index is 802. The van der Waals surface area contributed by atoms with Crippen LogP contribution in [0.1, 0.15) is 5.56 Å². The highest BCUT2D eigenvalue weighted by molar-refractivity contribution is 6.33. The van der Waals surface area contributed by atoms with E-state index in [2.05, 4.69) is 25.6 Å². The van der Waals surface area contributed by atoms with E-state index in [4.69, 9.17) is 17.3 Å². The fourth-order valence-electron chi connectivity index (χ4n) is 2.06. The van der Waals surface area contributed by atoms with Crippen LogP contribution >= 0.6 is 11.6 Å². The highest BCUT2D eigenvalue weighted by Crippen LogP contribution is 2.28. The molecule has 1 aromatic heterocycles. The Morgan fingerprint density at radius 2 is 1.57 bits per heavy atom. The van der Waals surface area contributed by atoms with Gasteiger partial charge in [-0.15, -0.1) is 0 Å². The number of anilines is 5. The molecular weight excluding hydrogens is 312 g/mol. The summed E-state index contributed by atoms with van der Waals surface area (Å²) < 4.78 is 0. The summed E-state index contributed by atoms with van der Waals surface area (Å²) in [5.74, 6) is 0.800. The van der Waals surface area contributed by atoms with Crippen molar-refractivity contribution in [3.8, 4) is 0 Å². The van der Waals surface area contributed by atoms with Crippen molar-refractivity contribution in [3.05, 3.63) is 59.1 Å². The zero-order chi connectivity index (χ0) is 16.2. The molecule has 0 fully saturated rings. The number of para-hydroxylation sites is 2. The molecule has 0 radical (unpaired) electrons.